The van der Waals surface area contributed by atoms with Gasteiger partial charge in [0.05, 0.1) is 11.8 Å². The fraction of sp³-hybridized carbons (Fsp3) is 0.105. The van der Waals surface area contributed by atoms with E-state index < -0.39 is 0 Å². The highest BCUT2D eigenvalue weighted by Crippen LogP contribution is 2.24. The third kappa shape index (κ3) is 2.80. The maximum atomic E-state index is 12.9. The van der Waals surface area contributed by atoms with Gasteiger partial charge in [0.1, 0.15) is 5.82 Å². The van der Waals surface area contributed by atoms with Crippen molar-refractivity contribution in [3.8, 4) is 5.69 Å². The molecule has 130 valence electrons. The van der Waals surface area contributed by atoms with Crippen LogP contribution in [0, 0.1) is 13.8 Å². The van der Waals surface area contributed by atoms with Crippen LogP contribution in [0.3, 0.4) is 0 Å². The fourth-order valence-electron chi connectivity index (χ4n) is 3.12. The molecule has 6 nitrogen and oxygen atoms in total. The summed E-state index contributed by atoms with van der Waals surface area (Å²) in [5.74, 6) is 0.402. The predicted molar refractivity (Wildman–Crippen MR) is 104 cm³/mol. The Morgan fingerprint density at radius 2 is 1.96 bits per heavy atom. The Balaban J connectivity index is 1.71. The quantitative estimate of drug-likeness (QED) is 0.552. The molecule has 0 atom stereocenters. The molecule has 4 rings (SSSR count). The molecule has 3 heterocycles. The molecule has 0 aliphatic rings. The van der Waals surface area contributed by atoms with Crippen molar-refractivity contribution in [1.29, 1.82) is 0 Å². The lowest BCUT2D eigenvalue weighted by Crippen LogP contribution is -2.16. The van der Waals surface area contributed by atoms with E-state index in [0.29, 0.717) is 17.0 Å². The fourth-order valence-corrected chi connectivity index (χ4v) is 3.51. The van der Waals surface area contributed by atoms with Gasteiger partial charge in [0.2, 0.25) is 0 Å². The van der Waals surface area contributed by atoms with Crippen molar-refractivity contribution in [1.82, 2.24) is 19.2 Å². The minimum Gasteiger partial charge on any atom is -0.318 e. The second-order valence-corrected chi connectivity index (χ2v) is 6.90. The van der Waals surface area contributed by atoms with E-state index in [1.165, 1.54) is 0 Å². The second-order valence-electron chi connectivity index (χ2n) is 5.99. The molecule has 0 bridgehead atoms. The average Bonchev–Trinajstić information content (AvgIpc) is 3.20. The SMILES string of the molecule is Cc1cc(C(=O)Nc2ccnc3ccnn23)c(C)n1-c1cccc(Br)c1. The van der Waals surface area contributed by atoms with Crippen molar-refractivity contribution in [3.63, 3.8) is 0 Å². The first kappa shape index (κ1) is 16.5. The van der Waals surface area contributed by atoms with E-state index in [0.717, 1.165) is 21.5 Å². The van der Waals surface area contributed by atoms with Gasteiger partial charge in [-0.05, 0) is 44.2 Å². The summed E-state index contributed by atoms with van der Waals surface area (Å²) in [4.78, 5) is 17.1. The molecule has 1 aromatic carbocycles. The number of anilines is 1. The van der Waals surface area contributed by atoms with Crippen LogP contribution in [0.1, 0.15) is 21.7 Å². The number of nitrogens with one attached hydrogen (secondary N) is 1. The van der Waals surface area contributed by atoms with E-state index in [4.69, 9.17) is 0 Å². The van der Waals surface area contributed by atoms with E-state index in [2.05, 4.69) is 35.9 Å². The largest absolute Gasteiger partial charge is 0.318 e. The van der Waals surface area contributed by atoms with E-state index >= 15 is 0 Å². The van der Waals surface area contributed by atoms with Crippen molar-refractivity contribution in [3.05, 3.63) is 76.3 Å². The van der Waals surface area contributed by atoms with Crippen molar-refractivity contribution >= 4 is 33.3 Å². The zero-order valence-corrected chi connectivity index (χ0v) is 15.9. The Hall–Kier alpha value is -2.93. The Labute approximate surface area is 158 Å². The van der Waals surface area contributed by atoms with E-state index in [1.807, 2.05) is 44.2 Å². The third-order valence-electron chi connectivity index (χ3n) is 4.27. The molecule has 7 heteroatoms. The number of aryl methyl sites for hydroxylation is 1. The minimum absolute atomic E-state index is 0.178. The van der Waals surface area contributed by atoms with Gasteiger partial charge in [0.25, 0.3) is 5.91 Å². The number of aromatic nitrogens is 4. The number of halogens is 1. The summed E-state index contributed by atoms with van der Waals surface area (Å²) in [6.45, 7) is 3.93. The first-order valence-corrected chi connectivity index (χ1v) is 8.89. The molecule has 0 saturated carbocycles. The highest BCUT2D eigenvalue weighted by Gasteiger charge is 2.18. The molecule has 1 amide bonds. The third-order valence-corrected chi connectivity index (χ3v) is 4.77. The molecule has 0 unspecified atom stereocenters. The molecule has 0 radical (unpaired) electrons. The minimum atomic E-state index is -0.178. The number of benzene rings is 1. The highest BCUT2D eigenvalue weighted by atomic mass is 79.9. The highest BCUT2D eigenvalue weighted by molar-refractivity contribution is 9.10. The van der Waals surface area contributed by atoms with Gasteiger partial charge in [-0.25, -0.2) is 4.98 Å². The van der Waals surface area contributed by atoms with Crippen molar-refractivity contribution in [2.45, 2.75) is 13.8 Å². The van der Waals surface area contributed by atoms with Crippen LogP contribution in [0.2, 0.25) is 0 Å². The van der Waals surface area contributed by atoms with Crippen molar-refractivity contribution < 1.29 is 4.79 Å². The Morgan fingerprint density at radius 3 is 2.77 bits per heavy atom. The summed E-state index contributed by atoms with van der Waals surface area (Å²) < 4.78 is 4.66. The number of fused-ring (bicyclic) bond motifs is 1. The van der Waals surface area contributed by atoms with Gasteiger partial charge in [-0.1, -0.05) is 22.0 Å². The maximum absolute atomic E-state index is 12.9. The van der Waals surface area contributed by atoms with Crippen molar-refractivity contribution in [2.24, 2.45) is 0 Å². The Morgan fingerprint density at radius 1 is 1.12 bits per heavy atom. The number of hydrogen-bond acceptors (Lipinski definition) is 3. The summed E-state index contributed by atoms with van der Waals surface area (Å²) in [7, 11) is 0. The van der Waals surface area contributed by atoms with E-state index in [1.54, 1.807) is 29.0 Å². The van der Waals surface area contributed by atoms with Crippen LogP contribution in [0.5, 0.6) is 0 Å². The maximum Gasteiger partial charge on any atom is 0.258 e. The molecule has 0 spiro atoms. The van der Waals surface area contributed by atoms with Crippen LogP contribution in [-0.4, -0.2) is 25.1 Å². The van der Waals surface area contributed by atoms with E-state index in [-0.39, 0.29) is 5.91 Å². The molecule has 4 aromatic rings. The van der Waals surface area contributed by atoms with Crippen LogP contribution < -0.4 is 5.32 Å². The van der Waals surface area contributed by atoms with E-state index in [9.17, 15) is 4.79 Å². The van der Waals surface area contributed by atoms with Crippen LogP contribution >= 0.6 is 15.9 Å². The molecule has 0 aliphatic carbocycles. The summed E-state index contributed by atoms with van der Waals surface area (Å²) in [6.07, 6.45) is 3.30. The predicted octanol–water partition coefficient (Wildman–Crippen LogP) is 4.15. The van der Waals surface area contributed by atoms with Gasteiger partial charge in [-0.2, -0.15) is 9.61 Å². The van der Waals surface area contributed by atoms with Gasteiger partial charge >= 0.3 is 0 Å². The van der Waals surface area contributed by atoms with Crippen LogP contribution in [0.4, 0.5) is 5.82 Å². The normalized spacial score (nSPS) is 11.0. The molecule has 1 N–H and O–H groups in total. The number of carbonyl (C=O) groups excluding carboxylic acids is 1. The van der Waals surface area contributed by atoms with Gasteiger partial charge in [-0.3, -0.25) is 4.79 Å². The van der Waals surface area contributed by atoms with Crippen LogP contribution in [0.15, 0.2) is 59.3 Å². The molecule has 0 fully saturated rings. The standard InChI is InChI=1S/C19H16BrN5O/c1-12-10-16(13(2)24(12)15-5-3-4-14(20)11-15)19(26)23-18-6-8-21-17-7-9-22-25(17)18/h3-11H,1-2H3,(H,23,26). The summed E-state index contributed by atoms with van der Waals surface area (Å²) >= 11 is 3.50. The average molecular weight is 410 g/mol. The van der Waals surface area contributed by atoms with Gasteiger partial charge < -0.3 is 9.88 Å². The lowest BCUT2D eigenvalue weighted by molar-refractivity contribution is 0.102. The smallest absolute Gasteiger partial charge is 0.258 e. The van der Waals surface area contributed by atoms with Gasteiger partial charge in [-0.15, -0.1) is 0 Å². The summed E-state index contributed by atoms with van der Waals surface area (Å²) in [6, 6.07) is 13.4. The lowest BCUT2D eigenvalue weighted by Gasteiger charge is -2.11. The molecule has 0 saturated heterocycles. The summed E-state index contributed by atoms with van der Waals surface area (Å²) in [5.41, 5.74) is 4.18. The molecule has 26 heavy (non-hydrogen) atoms. The van der Waals surface area contributed by atoms with Gasteiger partial charge in [0, 0.05) is 33.8 Å². The van der Waals surface area contributed by atoms with Gasteiger partial charge in [0.15, 0.2) is 5.65 Å². The van der Waals surface area contributed by atoms with Crippen molar-refractivity contribution in [2.75, 3.05) is 5.32 Å². The first-order chi connectivity index (χ1) is 12.5. The first-order valence-electron chi connectivity index (χ1n) is 8.09. The lowest BCUT2D eigenvalue weighted by atomic mass is 10.2. The molecule has 3 aromatic heterocycles. The van der Waals surface area contributed by atoms with Crippen LogP contribution in [0.25, 0.3) is 11.3 Å². The monoisotopic (exact) mass is 409 g/mol. The number of rotatable bonds is 3. The number of amides is 1. The molecular weight excluding hydrogens is 394 g/mol. The zero-order chi connectivity index (χ0) is 18.3. The zero-order valence-electron chi connectivity index (χ0n) is 14.3. The van der Waals surface area contributed by atoms with Crippen LogP contribution in [-0.2, 0) is 0 Å². The number of hydrogen-bond donors (Lipinski definition) is 1. The molecular formula is C19H16BrN5O. The number of nitrogens with zero attached hydrogens (tertiary/aromatic N) is 4. The topological polar surface area (TPSA) is 64.2 Å². The Bertz CT molecular complexity index is 1130. The second kappa shape index (κ2) is 6.42. The Kier molecular flexibility index (Phi) is 4.08. The number of carbonyl (C=O) groups is 1. The summed E-state index contributed by atoms with van der Waals surface area (Å²) in [5, 5.41) is 7.13. The molecule has 0 aliphatic heterocycles.